The van der Waals surface area contributed by atoms with Crippen LogP contribution in [0.25, 0.3) is 0 Å². The molecule has 1 heterocycles. The van der Waals surface area contributed by atoms with Crippen molar-refractivity contribution in [2.45, 2.75) is 18.7 Å². The number of nitrogens with one attached hydrogen (secondary N) is 2. The Morgan fingerprint density at radius 3 is 2.52 bits per heavy atom. The van der Waals surface area contributed by atoms with Gasteiger partial charge in [0.2, 0.25) is 10.0 Å². The third-order valence-corrected chi connectivity index (χ3v) is 5.28. The number of sulfonamides is 1. The van der Waals surface area contributed by atoms with Crippen LogP contribution in [0.5, 0.6) is 0 Å². The van der Waals surface area contributed by atoms with Crippen molar-refractivity contribution in [3.63, 3.8) is 0 Å². The molecule has 0 aliphatic carbocycles. The van der Waals surface area contributed by atoms with Crippen molar-refractivity contribution in [3.05, 3.63) is 40.7 Å². The molecule has 2 aromatic rings. The molecule has 0 unspecified atom stereocenters. The zero-order chi connectivity index (χ0) is 18.6. The average molecular weight is 384 g/mol. The number of aryl methyl sites for hydroxylation is 2. The molecule has 0 aliphatic rings. The molecule has 0 radical (unpaired) electrons. The lowest BCUT2D eigenvalue weighted by molar-refractivity contribution is 0.582. The first kappa shape index (κ1) is 19.4. The number of halogens is 1. The summed E-state index contributed by atoms with van der Waals surface area (Å²) in [5.74, 6) is 2.07. The van der Waals surface area contributed by atoms with Crippen LogP contribution in [0.15, 0.2) is 29.2 Å². The van der Waals surface area contributed by atoms with Crippen molar-refractivity contribution in [3.8, 4) is 0 Å². The van der Waals surface area contributed by atoms with Gasteiger partial charge in [-0.15, -0.1) is 0 Å². The van der Waals surface area contributed by atoms with E-state index in [1.54, 1.807) is 19.1 Å². The number of benzene rings is 1. The van der Waals surface area contributed by atoms with Crippen molar-refractivity contribution in [2.75, 3.05) is 37.4 Å². The van der Waals surface area contributed by atoms with Crippen LogP contribution in [-0.2, 0) is 10.0 Å². The summed E-state index contributed by atoms with van der Waals surface area (Å²) in [6.07, 6.45) is 0. The quantitative estimate of drug-likeness (QED) is 0.713. The smallest absolute Gasteiger partial charge is 0.240 e. The maximum Gasteiger partial charge on any atom is 0.240 e. The molecule has 2 N–H and O–H groups in total. The van der Waals surface area contributed by atoms with Gasteiger partial charge >= 0.3 is 0 Å². The van der Waals surface area contributed by atoms with E-state index in [-0.39, 0.29) is 11.4 Å². The minimum Gasteiger partial charge on any atom is -0.369 e. The predicted octanol–water partition coefficient (Wildman–Crippen LogP) is 2.20. The third-order valence-electron chi connectivity index (χ3n) is 3.45. The molecule has 0 atom stereocenters. The van der Waals surface area contributed by atoms with Gasteiger partial charge in [-0.1, -0.05) is 17.7 Å². The molecule has 136 valence electrons. The van der Waals surface area contributed by atoms with Gasteiger partial charge in [-0.3, -0.25) is 0 Å². The Kier molecular flexibility index (Phi) is 6.21. The van der Waals surface area contributed by atoms with Gasteiger partial charge in [0.1, 0.15) is 17.5 Å². The lowest BCUT2D eigenvalue weighted by Gasteiger charge is -2.14. The highest BCUT2D eigenvalue weighted by Gasteiger charge is 2.16. The van der Waals surface area contributed by atoms with Crippen molar-refractivity contribution in [1.82, 2.24) is 14.7 Å². The first-order chi connectivity index (χ1) is 11.7. The highest BCUT2D eigenvalue weighted by Crippen LogP contribution is 2.19. The number of rotatable bonds is 7. The lowest BCUT2D eigenvalue weighted by atomic mass is 10.2. The first-order valence-electron chi connectivity index (χ1n) is 7.72. The highest BCUT2D eigenvalue weighted by atomic mass is 35.5. The van der Waals surface area contributed by atoms with Gasteiger partial charge in [-0.05, 0) is 31.5 Å². The van der Waals surface area contributed by atoms with Crippen LogP contribution >= 0.6 is 11.6 Å². The van der Waals surface area contributed by atoms with Crippen molar-refractivity contribution in [2.24, 2.45) is 0 Å². The molecule has 0 aliphatic heterocycles. The van der Waals surface area contributed by atoms with E-state index >= 15 is 0 Å². The summed E-state index contributed by atoms with van der Waals surface area (Å²) in [5, 5.41) is 3.49. The van der Waals surface area contributed by atoms with E-state index < -0.39 is 10.0 Å². The molecule has 9 heteroatoms. The Labute approximate surface area is 153 Å². The molecule has 0 saturated carbocycles. The average Bonchev–Trinajstić information content (AvgIpc) is 2.53. The Balaban J connectivity index is 1.98. The van der Waals surface area contributed by atoms with E-state index in [0.717, 1.165) is 5.82 Å². The summed E-state index contributed by atoms with van der Waals surface area (Å²) >= 11 is 5.90. The van der Waals surface area contributed by atoms with Crippen molar-refractivity contribution >= 4 is 33.3 Å². The SMILES string of the molecule is Cc1nc(NCCNS(=O)(=O)c2cc(Cl)ccc2C)cc(N(C)C)n1. The summed E-state index contributed by atoms with van der Waals surface area (Å²) in [4.78, 5) is 10.7. The second-order valence-electron chi connectivity index (χ2n) is 5.79. The Bertz CT molecular complexity index is 856. The minimum absolute atomic E-state index is 0.188. The summed E-state index contributed by atoms with van der Waals surface area (Å²) in [7, 11) is 0.179. The second kappa shape index (κ2) is 7.99. The molecule has 0 amide bonds. The van der Waals surface area contributed by atoms with E-state index in [9.17, 15) is 8.42 Å². The van der Waals surface area contributed by atoms with E-state index in [2.05, 4.69) is 20.0 Å². The normalized spacial score (nSPS) is 11.4. The Morgan fingerprint density at radius 2 is 1.84 bits per heavy atom. The molecule has 1 aromatic carbocycles. The zero-order valence-electron chi connectivity index (χ0n) is 14.7. The first-order valence-corrected chi connectivity index (χ1v) is 9.58. The molecule has 0 spiro atoms. The number of hydrogen-bond acceptors (Lipinski definition) is 6. The lowest BCUT2D eigenvalue weighted by Crippen LogP contribution is -2.29. The zero-order valence-corrected chi connectivity index (χ0v) is 16.2. The summed E-state index contributed by atoms with van der Waals surface area (Å²) in [5.41, 5.74) is 0.645. The number of aromatic nitrogens is 2. The summed E-state index contributed by atoms with van der Waals surface area (Å²) in [6.45, 7) is 4.15. The van der Waals surface area contributed by atoms with Gasteiger partial charge in [0, 0.05) is 38.3 Å². The molecular formula is C16H22ClN5O2S. The maximum absolute atomic E-state index is 12.4. The fourth-order valence-corrected chi connectivity index (χ4v) is 3.73. The highest BCUT2D eigenvalue weighted by molar-refractivity contribution is 7.89. The van der Waals surface area contributed by atoms with Gasteiger partial charge in [-0.2, -0.15) is 0 Å². The van der Waals surface area contributed by atoms with Crippen LogP contribution in [-0.4, -0.2) is 45.6 Å². The maximum atomic E-state index is 12.4. The molecular weight excluding hydrogens is 362 g/mol. The Morgan fingerprint density at radius 1 is 1.12 bits per heavy atom. The molecule has 2 rings (SSSR count). The van der Waals surface area contributed by atoms with Gasteiger partial charge in [-0.25, -0.2) is 23.1 Å². The van der Waals surface area contributed by atoms with Crippen LogP contribution < -0.4 is 14.9 Å². The summed E-state index contributed by atoms with van der Waals surface area (Å²) in [6, 6.07) is 6.60. The molecule has 25 heavy (non-hydrogen) atoms. The molecule has 0 fully saturated rings. The molecule has 0 saturated heterocycles. The van der Waals surface area contributed by atoms with Crippen LogP contribution in [0.2, 0.25) is 5.02 Å². The predicted molar refractivity (Wildman–Crippen MR) is 101 cm³/mol. The molecule has 0 bridgehead atoms. The number of hydrogen-bond donors (Lipinski definition) is 2. The standard InChI is InChI=1S/C16H22ClN5O2S/c1-11-5-6-13(17)9-14(11)25(23,24)19-8-7-18-15-10-16(22(3)4)21-12(2)20-15/h5-6,9-10,19H,7-8H2,1-4H3,(H,18,20,21). The molecule has 7 nitrogen and oxygen atoms in total. The van der Waals surface area contributed by atoms with Crippen molar-refractivity contribution in [1.29, 1.82) is 0 Å². The van der Waals surface area contributed by atoms with E-state index in [0.29, 0.717) is 28.8 Å². The van der Waals surface area contributed by atoms with Gasteiger partial charge in [0.25, 0.3) is 0 Å². The van der Waals surface area contributed by atoms with Crippen LogP contribution in [0.3, 0.4) is 0 Å². The van der Waals surface area contributed by atoms with E-state index in [4.69, 9.17) is 11.6 Å². The van der Waals surface area contributed by atoms with Gasteiger partial charge < -0.3 is 10.2 Å². The van der Waals surface area contributed by atoms with Crippen LogP contribution in [0, 0.1) is 13.8 Å². The van der Waals surface area contributed by atoms with E-state index in [1.165, 1.54) is 6.07 Å². The minimum atomic E-state index is -3.61. The van der Waals surface area contributed by atoms with E-state index in [1.807, 2.05) is 32.0 Å². The monoisotopic (exact) mass is 383 g/mol. The van der Waals surface area contributed by atoms with Crippen LogP contribution in [0.4, 0.5) is 11.6 Å². The Hall–Kier alpha value is -1.90. The molecule has 1 aromatic heterocycles. The fourth-order valence-electron chi connectivity index (χ4n) is 2.19. The van der Waals surface area contributed by atoms with Crippen molar-refractivity contribution < 1.29 is 8.42 Å². The van der Waals surface area contributed by atoms with Gasteiger partial charge in [0.15, 0.2) is 0 Å². The fraction of sp³-hybridized carbons (Fsp3) is 0.375. The number of anilines is 2. The third kappa shape index (κ3) is 5.29. The van der Waals surface area contributed by atoms with Crippen LogP contribution in [0.1, 0.15) is 11.4 Å². The van der Waals surface area contributed by atoms with Gasteiger partial charge in [0.05, 0.1) is 4.90 Å². The summed E-state index contributed by atoms with van der Waals surface area (Å²) < 4.78 is 27.3. The largest absolute Gasteiger partial charge is 0.369 e. The second-order valence-corrected chi connectivity index (χ2v) is 7.96. The number of nitrogens with zero attached hydrogens (tertiary/aromatic N) is 3. The topological polar surface area (TPSA) is 87.2 Å².